The van der Waals surface area contributed by atoms with Crippen molar-refractivity contribution >= 4 is 5.91 Å². The number of nitrogens with one attached hydrogen (secondary N) is 2. The molecule has 0 spiro atoms. The Hall–Kier alpha value is -1.35. The minimum Gasteiger partial charge on any atom is -0.352 e. The molecule has 1 atom stereocenters. The molecule has 120 valence electrons. The fraction of sp³-hybridized carbons (Fsp3) is 0.632. The van der Waals surface area contributed by atoms with Crippen molar-refractivity contribution in [2.45, 2.75) is 50.9 Å². The number of rotatable bonds is 5. The van der Waals surface area contributed by atoms with Gasteiger partial charge in [0.05, 0.1) is 0 Å². The van der Waals surface area contributed by atoms with E-state index in [-0.39, 0.29) is 5.91 Å². The summed E-state index contributed by atoms with van der Waals surface area (Å²) in [5.74, 6) is 1.51. The van der Waals surface area contributed by atoms with Gasteiger partial charge >= 0.3 is 0 Å². The Morgan fingerprint density at radius 3 is 2.55 bits per heavy atom. The minimum atomic E-state index is 0.0705. The molecule has 2 aliphatic rings. The average molecular weight is 300 g/mol. The Morgan fingerprint density at radius 2 is 1.86 bits per heavy atom. The molecule has 1 aromatic rings. The first-order chi connectivity index (χ1) is 10.8. The Labute approximate surface area is 133 Å². The van der Waals surface area contributed by atoms with Crippen molar-refractivity contribution in [2.75, 3.05) is 19.6 Å². The fourth-order valence-electron chi connectivity index (χ4n) is 3.80. The van der Waals surface area contributed by atoms with E-state index in [1.165, 1.54) is 44.1 Å². The number of carbonyl (C=O) groups excluding carboxylic acids is 1. The molecule has 0 aromatic heterocycles. The molecule has 3 nitrogen and oxygen atoms in total. The largest absolute Gasteiger partial charge is 0.352 e. The number of amides is 1. The lowest BCUT2D eigenvalue weighted by molar-refractivity contribution is 0.0951. The maximum Gasteiger partial charge on any atom is 0.251 e. The lowest BCUT2D eigenvalue weighted by Crippen LogP contribution is -2.26. The Kier molecular flexibility index (Phi) is 5.49. The second-order valence-electron chi connectivity index (χ2n) is 6.86. The summed E-state index contributed by atoms with van der Waals surface area (Å²) in [6, 6.07) is 8.31. The second-order valence-corrected chi connectivity index (χ2v) is 6.86. The normalized spacial score (nSPS) is 22.6. The van der Waals surface area contributed by atoms with Crippen molar-refractivity contribution in [2.24, 2.45) is 5.92 Å². The van der Waals surface area contributed by atoms with Gasteiger partial charge in [-0.2, -0.15) is 0 Å². The Morgan fingerprint density at radius 1 is 1.09 bits per heavy atom. The second kappa shape index (κ2) is 7.77. The summed E-state index contributed by atoms with van der Waals surface area (Å²) < 4.78 is 0. The van der Waals surface area contributed by atoms with E-state index >= 15 is 0 Å². The van der Waals surface area contributed by atoms with Gasteiger partial charge in [-0.3, -0.25) is 4.79 Å². The van der Waals surface area contributed by atoms with Crippen LogP contribution in [-0.2, 0) is 0 Å². The summed E-state index contributed by atoms with van der Waals surface area (Å²) in [5.41, 5.74) is 2.21. The average Bonchev–Trinajstić information content (AvgIpc) is 3.09. The summed E-state index contributed by atoms with van der Waals surface area (Å²) in [5, 5.41) is 6.42. The van der Waals surface area contributed by atoms with Crippen LogP contribution < -0.4 is 10.6 Å². The van der Waals surface area contributed by atoms with Crippen LogP contribution in [0.15, 0.2) is 24.3 Å². The molecule has 0 bridgehead atoms. The van der Waals surface area contributed by atoms with Crippen LogP contribution in [0.25, 0.3) is 0 Å². The van der Waals surface area contributed by atoms with Gasteiger partial charge in [-0.05, 0) is 68.3 Å². The van der Waals surface area contributed by atoms with E-state index in [2.05, 4.69) is 22.8 Å². The maximum absolute atomic E-state index is 12.2. The molecule has 1 aliphatic carbocycles. The van der Waals surface area contributed by atoms with Crippen molar-refractivity contribution in [1.82, 2.24) is 10.6 Å². The van der Waals surface area contributed by atoms with Gasteiger partial charge in [0.25, 0.3) is 5.91 Å². The molecule has 1 heterocycles. The van der Waals surface area contributed by atoms with Gasteiger partial charge in [-0.25, -0.2) is 0 Å². The van der Waals surface area contributed by atoms with E-state index in [1.807, 2.05) is 12.1 Å². The number of benzene rings is 1. The summed E-state index contributed by atoms with van der Waals surface area (Å²) in [6.45, 7) is 3.02. The first-order valence-corrected chi connectivity index (χ1v) is 8.92. The van der Waals surface area contributed by atoms with Gasteiger partial charge in [0.2, 0.25) is 0 Å². The third kappa shape index (κ3) is 4.10. The van der Waals surface area contributed by atoms with Crippen molar-refractivity contribution in [3.05, 3.63) is 35.4 Å². The molecule has 1 amide bonds. The summed E-state index contributed by atoms with van der Waals surface area (Å²) in [6.07, 6.45) is 9.02. The van der Waals surface area contributed by atoms with Gasteiger partial charge in [0, 0.05) is 12.1 Å². The van der Waals surface area contributed by atoms with Crippen LogP contribution in [0.4, 0.5) is 0 Å². The van der Waals surface area contributed by atoms with Crippen LogP contribution in [0.3, 0.4) is 0 Å². The first kappa shape index (κ1) is 15.5. The van der Waals surface area contributed by atoms with Crippen LogP contribution >= 0.6 is 0 Å². The maximum atomic E-state index is 12.2. The van der Waals surface area contributed by atoms with E-state index in [4.69, 9.17) is 0 Å². The third-order valence-corrected chi connectivity index (χ3v) is 5.25. The number of hydrogen-bond acceptors (Lipinski definition) is 2. The van der Waals surface area contributed by atoms with E-state index in [1.54, 1.807) is 0 Å². The molecule has 3 heteroatoms. The molecule has 0 radical (unpaired) electrons. The van der Waals surface area contributed by atoms with Crippen LogP contribution in [0, 0.1) is 5.92 Å². The molecule has 3 rings (SSSR count). The predicted molar refractivity (Wildman–Crippen MR) is 90.2 cm³/mol. The topological polar surface area (TPSA) is 41.1 Å². The van der Waals surface area contributed by atoms with Gasteiger partial charge in [-0.1, -0.05) is 31.4 Å². The van der Waals surface area contributed by atoms with E-state index in [0.717, 1.165) is 37.5 Å². The minimum absolute atomic E-state index is 0.0705. The monoisotopic (exact) mass is 300 g/mol. The van der Waals surface area contributed by atoms with Crippen LogP contribution in [-0.4, -0.2) is 25.5 Å². The van der Waals surface area contributed by atoms with E-state index < -0.39 is 0 Å². The van der Waals surface area contributed by atoms with E-state index in [9.17, 15) is 4.79 Å². The highest BCUT2D eigenvalue weighted by Crippen LogP contribution is 2.32. The highest BCUT2D eigenvalue weighted by Gasteiger charge is 2.16. The molecular formula is C19H28N2O. The summed E-state index contributed by atoms with van der Waals surface area (Å²) in [4.78, 5) is 12.2. The molecular weight excluding hydrogens is 272 g/mol. The quantitative estimate of drug-likeness (QED) is 0.874. The zero-order chi connectivity index (χ0) is 15.2. The van der Waals surface area contributed by atoms with Crippen molar-refractivity contribution in [3.63, 3.8) is 0 Å². The van der Waals surface area contributed by atoms with Crippen LogP contribution in [0.1, 0.15) is 66.8 Å². The Balaban J connectivity index is 1.47. The van der Waals surface area contributed by atoms with Gasteiger partial charge in [-0.15, -0.1) is 0 Å². The lowest BCUT2D eigenvalue weighted by Gasteiger charge is -2.22. The molecule has 1 aromatic carbocycles. The Bertz CT molecular complexity index is 471. The number of carbonyl (C=O) groups is 1. The van der Waals surface area contributed by atoms with Crippen LogP contribution in [0.2, 0.25) is 0 Å². The molecule has 2 N–H and O–H groups in total. The number of hydrogen-bond donors (Lipinski definition) is 2. The third-order valence-electron chi connectivity index (χ3n) is 5.25. The van der Waals surface area contributed by atoms with E-state index in [0.29, 0.717) is 5.92 Å². The predicted octanol–water partition coefficient (Wildman–Crippen LogP) is 3.46. The van der Waals surface area contributed by atoms with Crippen molar-refractivity contribution in [1.29, 1.82) is 0 Å². The van der Waals surface area contributed by atoms with Crippen molar-refractivity contribution in [3.8, 4) is 0 Å². The smallest absolute Gasteiger partial charge is 0.251 e. The zero-order valence-corrected chi connectivity index (χ0v) is 13.4. The van der Waals surface area contributed by atoms with Gasteiger partial charge < -0.3 is 10.6 Å². The molecule has 1 saturated carbocycles. The summed E-state index contributed by atoms with van der Waals surface area (Å²) >= 11 is 0. The molecule has 2 fully saturated rings. The molecule has 1 unspecified atom stereocenters. The highest BCUT2D eigenvalue weighted by molar-refractivity contribution is 5.94. The van der Waals surface area contributed by atoms with Crippen LogP contribution in [0.5, 0.6) is 0 Å². The lowest BCUT2D eigenvalue weighted by atomic mass is 9.84. The fourth-order valence-corrected chi connectivity index (χ4v) is 3.80. The summed E-state index contributed by atoms with van der Waals surface area (Å²) in [7, 11) is 0. The SMILES string of the molecule is O=C(NCCC1CCNC1)c1ccc(C2CCCCC2)cc1. The zero-order valence-electron chi connectivity index (χ0n) is 13.4. The standard InChI is InChI=1S/C19H28N2O/c22-19(21-13-11-15-10-12-20-14-15)18-8-6-17(7-9-18)16-4-2-1-3-5-16/h6-9,15-16,20H,1-5,10-14H2,(H,21,22). The highest BCUT2D eigenvalue weighted by atomic mass is 16.1. The molecule has 22 heavy (non-hydrogen) atoms. The van der Waals surface area contributed by atoms with Gasteiger partial charge in [0.1, 0.15) is 0 Å². The van der Waals surface area contributed by atoms with Gasteiger partial charge in [0.15, 0.2) is 0 Å². The molecule has 1 aliphatic heterocycles. The van der Waals surface area contributed by atoms with Crippen molar-refractivity contribution < 1.29 is 4.79 Å². The first-order valence-electron chi connectivity index (χ1n) is 8.92. The molecule has 1 saturated heterocycles.